The minimum atomic E-state index is -3.25. The van der Waals surface area contributed by atoms with E-state index in [1.165, 1.54) is 0 Å². The molecule has 17 heavy (non-hydrogen) atoms. The van der Waals surface area contributed by atoms with E-state index in [4.69, 9.17) is 5.73 Å². The zero-order chi connectivity index (χ0) is 12.0. The molecule has 0 spiro atoms. The molecule has 3 aliphatic rings. The smallest absolute Gasteiger partial charge is 0.279 e. The Morgan fingerprint density at radius 1 is 1.12 bits per heavy atom. The summed E-state index contributed by atoms with van der Waals surface area (Å²) in [6.45, 7) is 1.29. The lowest BCUT2D eigenvalue weighted by Crippen LogP contribution is -2.41. The Morgan fingerprint density at radius 2 is 1.88 bits per heavy atom. The van der Waals surface area contributed by atoms with Gasteiger partial charge in [-0.1, -0.05) is 6.42 Å². The van der Waals surface area contributed by atoms with Gasteiger partial charge in [0.2, 0.25) is 0 Å². The van der Waals surface area contributed by atoms with Crippen LogP contribution in [0.15, 0.2) is 0 Å². The van der Waals surface area contributed by atoms with Crippen LogP contribution < -0.4 is 10.5 Å². The normalized spacial score (nSPS) is 39.2. The van der Waals surface area contributed by atoms with E-state index >= 15 is 0 Å². The van der Waals surface area contributed by atoms with Gasteiger partial charge in [0.05, 0.1) is 0 Å². The van der Waals surface area contributed by atoms with Crippen LogP contribution >= 0.6 is 0 Å². The maximum absolute atomic E-state index is 12.1. The van der Waals surface area contributed by atoms with Gasteiger partial charge in [-0.2, -0.15) is 17.4 Å². The SMILES string of the molecule is NC1CCCC2CN(S(=O)(=O)NC3CC3)CC12. The summed E-state index contributed by atoms with van der Waals surface area (Å²) >= 11 is 0. The third-order valence-corrected chi connectivity index (χ3v) is 5.96. The predicted octanol–water partition coefficient (Wildman–Crippen LogP) is 0.0424. The molecule has 98 valence electrons. The Kier molecular flexibility index (Phi) is 2.93. The van der Waals surface area contributed by atoms with Crippen molar-refractivity contribution in [2.45, 2.75) is 44.2 Å². The van der Waals surface area contributed by atoms with Crippen LogP contribution in [0.25, 0.3) is 0 Å². The number of hydrogen-bond acceptors (Lipinski definition) is 3. The maximum Gasteiger partial charge on any atom is 0.279 e. The molecule has 3 fully saturated rings. The highest BCUT2D eigenvalue weighted by Gasteiger charge is 2.43. The van der Waals surface area contributed by atoms with Crippen LogP contribution in [0.4, 0.5) is 0 Å². The van der Waals surface area contributed by atoms with Crippen LogP contribution in [-0.2, 0) is 10.2 Å². The van der Waals surface area contributed by atoms with E-state index in [0.717, 1.165) is 32.1 Å². The third kappa shape index (κ3) is 2.36. The van der Waals surface area contributed by atoms with E-state index in [0.29, 0.717) is 24.9 Å². The van der Waals surface area contributed by atoms with E-state index in [-0.39, 0.29) is 12.1 Å². The summed E-state index contributed by atoms with van der Waals surface area (Å²) in [6, 6.07) is 0.381. The first-order valence-corrected chi connectivity index (χ1v) is 8.03. The van der Waals surface area contributed by atoms with E-state index in [9.17, 15) is 8.42 Å². The van der Waals surface area contributed by atoms with Gasteiger partial charge in [0, 0.05) is 25.2 Å². The highest BCUT2D eigenvalue weighted by atomic mass is 32.2. The van der Waals surface area contributed by atoms with Crippen molar-refractivity contribution >= 4 is 10.2 Å². The van der Waals surface area contributed by atoms with E-state index < -0.39 is 10.2 Å². The van der Waals surface area contributed by atoms with Crippen LogP contribution in [0.2, 0.25) is 0 Å². The van der Waals surface area contributed by atoms with E-state index in [1.807, 2.05) is 0 Å². The Bertz CT molecular complexity index is 394. The summed E-state index contributed by atoms with van der Waals surface area (Å²) in [7, 11) is -3.25. The monoisotopic (exact) mass is 259 g/mol. The Balaban J connectivity index is 1.69. The molecule has 1 heterocycles. The molecule has 2 aliphatic carbocycles. The second-order valence-electron chi connectivity index (χ2n) is 5.73. The van der Waals surface area contributed by atoms with Crippen LogP contribution in [-0.4, -0.2) is 37.9 Å². The first-order chi connectivity index (χ1) is 8.06. The molecule has 3 unspecified atom stereocenters. The second-order valence-corrected chi connectivity index (χ2v) is 7.44. The van der Waals surface area contributed by atoms with Crippen LogP contribution in [0.1, 0.15) is 32.1 Å². The fourth-order valence-corrected chi connectivity index (χ4v) is 4.72. The van der Waals surface area contributed by atoms with Gasteiger partial charge in [0.1, 0.15) is 0 Å². The molecule has 0 aromatic heterocycles. The lowest BCUT2D eigenvalue weighted by molar-refractivity contribution is 0.260. The van der Waals surface area contributed by atoms with Gasteiger partial charge < -0.3 is 5.73 Å². The van der Waals surface area contributed by atoms with Gasteiger partial charge in [0.25, 0.3) is 10.2 Å². The standard InChI is InChI=1S/C11H21N3O2S/c12-11-3-1-2-8-6-14(7-10(8)11)17(15,16)13-9-4-5-9/h8-11,13H,1-7,12H2. The van der Waals surface area contributed by atoms with Crippen LogP contribution in [0.5, 0.6) is 0 Å². The van der Waals surface area contributed by atoms with Gasteiger partial charge in [-0.25, -0.2) is 0 Å². The molecule has 0 amide bonds. The molecule has 1 saturated heterocycles. The van der Waals surface area contributed by atoms with Crippen LogP contribution in [0.3, 0.4) is 0 Å². The highest BCUT2D eigenvalue weighted by Crippen LogP contribution is 2.36. The van der Waals surface area contributed by atoms with Crippen LogP contribution in [0, 0.1) is 11.8 Å². The Morgan fingerprint density at radius 3 is 2.53 bits per heavy atom. The van der Waals surface area contributed by atoms with Crippen molar-refractivity contribution in [3.8, 4) is 0 Å². The number of fused-ring (bicyclic) bond motifs is 1. The molecule has 3 atom stereocenters. The summed E-state index contributed by atoms with van der Waals surface area (Å²) in [5.41, 5.74) is 6.10. The molecule has 2 saturated carbocycles. The van der Waals surface area contributed by atoms with Gasteiger partial charge in [0.15, 0.2) is 0 Å². The average molecular weight is 259 g/mol. The maximum atomic E-state index is 12.1. The molecule has 1 aliphatic heterocycles. The average Bonchev–Trinajstić information content (AvgIpc) is 2.94. The highest BCUT2D eigenvalue weighted by molar-refractivity contribution is 7.87. The second kappa shape index (κ2) is 4.19. The topological polar surface area (TPSA) is 75.4 Å². The lowest BCUT2D eigenvalue weighted by atomic mass is 9.78. The van der Waals surface area contributed by atoms with Crippen molar-refractivity contribution < 1.29 is 8.42 Å². The van der Waals surface area contributed by atoms with Crippen molar-refractivity contribution in [1.82, 2.24) is 9.03 Å². The molecular formula is C11H21N3O2S. The number of hydrogen-bond donors (Lipinski definition) is 2. The fourth-order valence-electron chi connectivity index (χ4n) is 3.16. The number of nitrogens with one attached hydrogen (secondary N) is 1. The molecule has 6 heteroatoms. The predicted molar refractivity (Wildman–Crippen MR) is 65.5 cm³/mol. The molecule has 0 aromatic rings. The summed E-state index contributed by atoms with van der Waals surface area (Å²) in [4.78, 5) is 0. The molecule has 5 nitrogen and oxygen atoms in total. The molecular weight excluding hydrogens is 238 g/mol. The summed E-state index contributed by atoms with van der Waals surface area (Å²) in [6.07, 6.45) is 5.30. The van der Waals surface area contributed by atoms with Gasteiger partial charge in [-0.05, 0) is 37.5 Å². The summed E-state index contributed by atoms with van der Waals surface area (Å²) in [5, 5.41) is 0. The zero-order valence-corrected chi connectivity index (χ0v) is 10.8. The summed E-state index contributed by atoms with van der Waals surface area (Å²) < 4.78 is 28.6. The molecule has 0 aromatic carbocycles. The van der Waals surface area contributed by atoms with Gasteiger partial charge >= 0.3 is 0 Å². The Labute approximate surface area is 103 Å². The number of nitrogens with two attached hydrogens (primary N) is 1. The molecule has 0 bridgehead atoms. The van der Waals surface area contributed by atoms with Crippen molar-refractivity contribution in [2.24, 2.45) is 17.6 Å². The van der Waals surface area contributed by atoms with Crippen molar-refractivity contribution in [1.29, 1.82) is 0 Å². The van der Waals surface area contributed by atoms with Gasteiger partial charge in [-0.15, -0.1) is 0 Å². The first-order valence-electron chi connectivity index (χ1n) is 6.59. The third-order valence-electron chi connectivity index (χ3n) is 4.35. The van der Waals surface area contributed by atoms with Crippen molar-refractivity contribution in [2.75, 3.05) is 13.1 Å². The zero-order valence-electron chi connectivity index (χ0n) is 10.0. The van der Waals surface area contributed by atoms with E-state index in [2.05, 4.69) is 4.72 Å². The largest absolute Gasteiger partial charge is 0.327 e. The number of nitrogens with zero attached hydrogens (tertiary/aromatic N) is 1. The minimum absolute atomic E-state index is 0.190. The molecule has 3 N–H and O–H groups in total. The van der Waals surface area contributed by atoms with Crippen molar-refractivity contribution in [3.05, 3.63) is 0 Å². The van der Waals surface area contributed by atoms with E-state index in [1.54, 1.807) is 4.31 Å². The Hall–Kier alpha value is -0.170. The summed E-state index contributed by atoms with van der Waals surface area (Å²) in [5.74, 6) is 0.856. The lowest BCUT2D eigenvalue weighted by Gasteiger charge is -2.29. The first kappa shape index (κ1) is 11.9. The fraction of sp³-hybridized carbons (Fsp3) is 1.00. The van der Waals surface area contributed by atoms with Crippen molar-refractivity contribution in [3.63, 3.8) is 0 Å². The molecule has 3 rings (SSSR count). The molecule has 0 radical (unpaired) electrons. The number of rotatable bonds is 3. The quantitative estimate of drug-likeness (QED) is 0.751. The van der Waals surface area contributed by atoms with Gasteiger partial charge in [-0.3, -0.25) is 0 Å². The minimum Gasteiger partial charge on any atom is -0.327 e.